The van der Waals surface area contributed by atoms with Crippen molar-refractivity contribution in [3.05, 3.63) is 40.9 Å². The molecule has 4 nitrogen and oxygen atoms in total. The minimum absolute atomic E-state index is 0.286. The third kappa shape index (κ3) is 2.10. The number of thiazole rings is 1. The summed E-state index contributed by atoms with van der Waals surface area (Å²) < 4.78 is 12.8. The van der Waals surface area contributed by atoms with Crippen molar-refractivity contribution >= 4 is 48.3 Å². The molecule has 0 spiro atoms. The summed E-state index contributed by atoms with van der Waals surface area (Å²) in [5.74, 6) is 1.54. The molecule has 6 heteroatoms. The van der Waals surface area contributed by atoms with Crippen LogP contribution < -0.4 is 14.8 Å². The second kappa shape index (κ2) is 4.64. The van der Waals surface area contributed by atoms with E-state index in [0.29, 0.717) is 0 Å². The normalized spacial score (nSPS) is 12.8. The van der Waals surface area contributed by atoms with Crippen LogP contribution in [-0.4, -0.2) is 11.8 Å². The molecule has 1 aliphatic rings. The number of benzene rings is 2. The van der Waals surface area contributed by atoms with E-state index in [9.17, 15) is 0 Å². The van der Waals surface area contributed by atoms with E-state index >= 15 is 0 Å². The topological polar surface area (TPSA) is 43.4 Å². The minimum atomic E-state index is 0.286. The van der Waals surface area contributed by atoms with Crippen LogP contribution in [0.4, 0.5) is 10.8 Å². The molecule has 20 heavy (non-hydrogen) atoms. The number of rotatable bonds is 2. The summed E-state index contributed by atoms with van der Waals surface area (Å²) in [6.45, 7) is 0.286. The number of fused-ring (bicyclic) bond motifs is 2. The predicted molar refractivity (Wildman–Crippen MR) is 83.2 cm³/mol. The van der Waals surface area contributed by atoms with E-state index in [1.165, 1.54) is 0 Å². The van der Waals surface area contributed by atoms with Gasteiger partial charge in [-0.05, 0) is 30.3 Å². The minimum Gasteiger partial charge on any atom is -0.454 e. The van der Waals surface area contributed by atoms with Crippen LogP contribution in [0.1, 0.15) is 0 Å². The Labute approximate surface area is 127 Å². The third-order valence-electron chi connectivity index (χ3n) is 2.97. The van der Waals surface area contributed by atoms with Crippen molar-refractivity contribution in [2.75, 3.05) is 12.1 Å². The van der Waals surface area contributed by atoms with Crippen LogP contribution in [-0.2, 0) is 0 Å². The first-order chi connectivity index (χ1) is 9.78. The van der Waals surface area contributed by atoms with Crippen LogP contribution in [0.2, 0.25) is 0 Å². The highest BCUT2D eigenvalue weighted by atomic mass is 79.9. The summed E-state index contributed by atoms with van der Waals surface area (Å²) in [5.41, 5.74) is 1.92. The molecule has 0 saturated heterocycles. The molecule has 0 bridgehead atoms. The van der Waals surface area contributed by atoms with Crippen molar-refractivity contribution in [3.8, 4) is 11.5 Å². The highest BCUT2D eigenvalue weighted by molar-refractivity contribution is 9.10. The van der Waals surface area contributed by atoms with E-state index in [4.69, 9.17) is 9.47 Å². The zero-order valence-corrected chi connectivity index (χ0v) is 12.6. The van der Waals surface area contributed by atoms with E-state index < -0.39 is 0 Å². The Bertz CT molecular complexity index is 803. The van der Waals surface area contributed by atoms with Crippen LogP contribution in [0.3, 0.4) is 0 Å². The molecule has 2 heterocycles. The van der Waals surface area contributed by atoms with Gasteiger partial charge in [-0.3, -0.25) is 0 Å². The number of anilines is 2. The molecule has 1 aliphatic heterocycles. The van der Waals surface area contributed by atoms with Gasteiger partial charge in [-0.25, -0.2) is 4.98 Å². The van der Waals surface area contributed by atoms with Gasteiger partial charge in [-0.2, -0.15) is 0 Å². The van der Waals surface area contributed by atoms with E-state index in [1.807, 2.05) is 30.3 Å². The van der Waals surface area contributed by atoms with E-state index in [1.54, 1.807) is 11.3 Å². The van der Waals surface area contributed by atoms with E-state index in [0.717, 1.165) is 37.0 Å². The van der Waals surface area contributed by atoms with Crippen molar-refractivity contribution in [3.63, 3.8) is 0 Å². The molecule has 2 aromatic carbocycles. The first-order valence-corrected chi connectivity index (χ1v) is 7.62. The molecule has 0 saturated carbocycles. The lowest BCUT2D eigenvalue weighted by Crippen LogP contribution is -1.93. The van der Waals surface area contributed by atoms with Gasteiger partial charge in [0.05, 0.1) is 10.2 Å². The lowest BCUT2D eigenvalue weighted by Gasteiger charge is -2.03. The SMILES string of the molecule is Brc1ccc2sc(Nc3ccc4c(c3)OCO4)nc2c1. The van der Waals surface area contributed by atoms with Gasteiger partial charge in [0.15, 0.2) is 16.6 Å². The molecule has 0 aliphatic carbocycles. The molecule has 0 atom stereocenters. The molecule has 4 rings (SSSR count). The van der Waals surface area contributed by atoms with Crippen LogP contribution in [0.5, 0.6) is 11.5 Å². The maximum atomic E-state index is 5.37. The van der Waals surface area contributed by atoms with Crippen LogP contribution in [0.25, 0.3) is 10.2 Å². The second-order valence-electron chi connectivity index (χ2n) is 4.32. The maximum absolute atomic E-state index is 5.37. The molecule has 0 unspecified atom stereocenters. The van der Waals surface area contributed by atoms with Crippen molar-refractivity contribution in [2.45, 2.75) is 0 Å². The van der Waals surface area contributed by atoms with Crippen LogP contribution >= 0.6 is 27.3 Å². The number of halogens is 1. The molecule has 3 aromatic rings. The smallest absolute Gasteiger partial charge is 0.231 e. The van der Waals surface area contributed by atoms with Crippen molar-refractivity contribution in [1.29, 1.82) is 0 Å². The zero-order chi connectivity index (χ0) is 13.5. The van der Waals surface area contributed by atoms with Gasteiger partial charge in [-0.1, -0.05) is 27.3 Å². The molecule has 0 radical (unpaired) electrons. The first-order valence-electron chi connectivity index (χ1n) is 6.01. The van der Waals surface area contributed by atoms with Gasteiger partial charge >= 0.3 is 0 Å². The van der Waals surface area contributed by atoms with Gasteiger partial charge in [0, 0.05) is 16.2 Å². The number of nitrogens with one attached hydrogen (secondary N) is 1. The highest BCUT2D eigenvalue weighted by Crippen LogP contribution is 2.36. The van der Waals surface area contributed by atoms with E-state index in [-0.39, 0.29) is 6.79 Å². The fraction of sp³-hybridized carbons (Fsp3) is 0.0714. The van der Waals surface area contributed by atoms with Crippen LogP contribution in [0.15, 0.2) is 40.9 Å². The standard InChI is InChI=1S/C14H9BrN2O2S/c15-8-1-4-13-10(5-8)17-14(20-13)16-9-2-3-11-12(6-9)19-7-18-11/h1-6H,7H2,(H,16,17). The molecule has 0 amide bonds. The first kappa shape index (κ1) is 12.0. The Morgan fingerprint density at radius 1 is 1.10 bits per heavy atom. The monoisotopic (exact) mass is 348 g/mol. The van der Waals surface area contributed by atoms with Crippen molar-refractivity contribution < 1.29 is 9.47 Å². The summed E-state index contributed by atoms with van der Waals surface area (Å²) in [5, 5.41) is 4.16. The van der Waals surface area contributed by atoms with Crippen LogP contribution in [0, 0.1) is 0 Å². The van der Waals surface area contributed by atoms with Gasteiger partial charge in [0.1, 0.15) is 0 Å². The summed E-state index contributed by atoms with van der Waals surface area (Å²) in [7, 11) is 0. The van der Waals surface area contributed by atoms with Crippen molar-refractivity contribution in [2.24, 2.45) is 0 Å². The summed E-state index contributed by atoms with van der Waals surface area (Å²) >= 11 is 5.08. The predicted octanol–water partition coefficient (Wildman–Crippen LogP) is 4.53. The van der Waals surface area contributed by atoms with Crippen molar-refractivity contribution in [1.82, 2.24) is 4.98 Å². The Morgan fingerprint density at radius 2 is 2.00 bits per heavy atom. The number of nitrogens with zero attached hydrogens (tertiary/aromatic N) is 1. The molecule has 1 N–H and O–H groups in total. The fourth-order valence-corrected chi connectivity index (χ4v) is 3.27. The molecule has 0 fully saturated rings. The third-order valence-corrected chi connectivity index (χ3v) is 4.42. The number of hydrogen-bond donors (Lipinski definition) is 1. The van der Waals surface area contributed by atoms with Gasteiger partial charge in [0.2, 0.25) is 6.79 Å². The molecular formula is C14H9BrN2O2S. The Balaban J connectivity index is 1.66. The maximum Gasteiger partial charge on any atom is 0.231 e. The lowest BCUT2D eigenvalue weighted by atomic mass is 10.3. The molecule has 1 aromatic heterocycles. The highest BCUT2D eigenvalue weighted by Gasteiger charge is 2.13. The number of ether oxygens (including phenoxy) is 2. The average Bonchev–Trinajstić information content (AvgIpc) is 3.03. The number of hydrogen-bond acceptors (Lipinski definition) is 5. The second-order valence-corrected chi connectivity index (χ2v) is 6.27. The lowest BCUT2D eigenvalue weighted by molar-refractivity contribution is 0.174. The number of aromatic nitrogens is 1. The largest absolute Gasteiger partial charge is 0.454 e. The Morgan fingerprint density at radius 3 is 2.95 bits per heavy atom. The zero-order valence-electron chi connectivity index (χ0n) is 10.2. The summed E-state index contributed by atoms with van der Waals surface area (Å²) in [6, 6.07) is 11.9. The molecule has 100 valence electrons. The Kier molecular flexibility index (Phi) is 2.78. The quantitative estimate of drug-likeness (QED) is 0.738. The molecular weight excluding hydrogens is 340 g/mol. The van der Waals surface area contributed by atoms with Gasteiger partial charge in [0.25, 0.3) is 0 Å². The fourth-order valence-electron chi connectivity index (χ4n) is 2.05. The Hall–Kier alpha value is -1.79. The average molecular weight is 349 g/mol. The summed E-state index contributed by atoms with van der Waals surface area (Å²) in [6.07, 6.45) is 0. The van der Waals surface area contributed by atoms with Gasteiger partial charge in [-0.15, -0.1) is 0 Å². The summed E-state index contributed by atoms with van der Waals surface area (Å²) in [4.78, 5) is 4.57. The van der Waals surface area contributed by atoms with E-state index in [2.05, 4.69) is 32.3 Å². The van der Waals surface area contributed by atoms with Gasteiger partial charge < -0.3 is 14.8 Å².